The van der Waals surface area contributed by atoms with Gasteiger partial charge in [-0.1, -0.05) is 0 Å². The number of hydrogen-bond acceptors (Lipinski definition) is 0. The van der Waals surface area contributed by atoms with Gasteiger partial charge in [0, 0.05) is 0 Å². The molecule has 0 heterocycles. The van der Waals surface area contributed by atoms with Crippen molar-refractivity contribution >= 4 is 37.4 Å². The zero-order valence-corrected chi connectivity index (χ0v) is 10.9. The van der Waals surface area contributed by atoms with Gasteiger partial charge in [-0.3, -0.25) is 0 Å². The van der Waals surface area contributed by atoms with Crippen LogP contribution < -0.4 is 0 Å². The van der Waals surface area contributed by atoms with Crippen molar-refractivity contribution in [1.29, 1.82) is 0 Å². The molecule has 0 aliphatic heterocycles. The maximum absolute atomic E-state index is 3.78. The molecule has 0 radical (unpaired) electrons. The third-order valence-corrected chi connectivity index (χ3v) is 12.0. The first-order valence-electron chi connectivity index (χ1n) is 3.30. The SMILES string of the molecule is CCC[Se](Br)(Br)CCC. The molecule has 3 heteroatoms. The molecule has 0 spiro atoms. The second kappa shape index (κ2) is 5.17. The first-order valence-corrected chi connectivity index (χ1v) is 13.7. The van der Waals surface area contributed by atoms with E-state index in [1.165, 1.54) is 23.5 Å². The van der Waals surface area contributed by atoms with E-state index in [0.29, 0.717) is 0 Å². The Kier molecular flexibility index (Phi) is 6.02. The molecule has 0 aliphatic rings. The van der Waals surface area contributed by atoms with Crippen molar-refractivity contribution in [3.8, 4) is 0 Å². The summed E-state index contributed by atoms with van der Waals surface area (Å²) in [6, 6.07) is 0. The minimum absolute atomic E-state index is 1.24. The summed E-state index contributed by atoms with van der Waals surface area (Å²) in [5.74, 6) is 0. The van der Waals surface area contributed by atoms with Crippen LogP contribution >= 0.6 is 28.2 Å². The topological polar surface area (TPSA) is 0 Å². The molecule has 0 atom stereocenters. The molecule has 0 nitrogen and oxygen atoms in total. The first kappa shape index (κ1) is 10.5. The Morgan fingerprint density at radius 3 is 1.56 bits per heavy atom. The van der Waals surface area contributed by atoms with Gasteiger partial charge in [0.2, 0.25) is 0 Å². The molecule has 0 rings (SSSR count). The van der Waals surface area contributed by atoms with E-state index in [4.69, 9.17) is 0 Å². The summed E-state index contributed by atoms with van der Waals surface area (Å²) in [7, 11) is -1.24. The van der Waals surface area contributed by atoms with Crippen molar-refractivity contribution in [2.45, 2.75) is 37.3 Å². The van der Waals surface area contributed by atoms with Gasteiger partial charge < -0.3 is 0 Å². The van der Waals surface area contributed by atoms with E-state index in [1.54, 1.807) is 0 Å². The van der Waals surface area contributed by atoms with E-state index in [-0.39, 0.29) is 0 Å². The predicted octanol–water partition coefficient (Wildman–Crippen LogP) is 4.04. The summed E-state index contributed by atoms with van der Waals surface area (Å²) in [6.45, 7) is 4.48. The van der Waals surface area contributed by atoms with Gasteiger partial charge in [-0.05, 0) is 0 Å². The van der Waals surface area contributed by atoms with Crippen LogP contribution in [0.4, 0.5) is 0 Å². The molecule has 0 aliphatic carbocycles. The maximum atomic E-state index is 3.78. The number of halogens is 2. The van der Waals surface area contributed by atoms with Crippen molar-refractivity contribution in [3.05, 3.63) is 0 Å². The third kappa shape index (κ3) is 5.90. The minimum atomic E-state index is -1.24. The Morgan fingerprint density at radius 2 is 1.33 bits per heavy atom. The summed E-state index contributed by atoms with van der Waals surface area (Å²) < 4.78 is 0. The zero-order chi connectivity index (χ0) is 7.33. The van der Waals surface area contributed by atoms with E-state index in [9.17, 15) is 0 Å². The molecule has 0 bridgehead atoms. The number of hydrogen-bond donors (Lipinski definition) is 0. The van der Waals surface area contributed by atoms with Crippen LogP contribution in [0.1, 0.15) is 26.7 Å². The third-order valence-electron chi connectivity index (χ3n) is 1.01. The van der Waals surface area contributed by atoms with E-state index < -0.39 is 9.23 Å². The van der Waals surface area contributed by atoms with Crippen molar-refractivity contribution < 1.29 is 0 Å². The van der Waals surface area contributed by atoms with Gasteiger partial charge in [0.25, 0.3) is 0 Å². The van der Waals surface area contributed by atoms with Gasteiger partial charge in [-0.15, -0.1) is 0 Å². The summed E-state index contributed by atoms with van der Waals surface area (Å²) in [5.41, 5.74) is 0. The first-order chi connectivity index (χ1) is 4.12. The van der Waals surface area contributed by atoms with Crippen molar-refractivity contribution in [2.75, 3.05) is 0 Å². The Bertz CT molecular complexity index is 65.5. The molecule has 0 saturated heterocycles. The standard InChI is InChI=1S/C6H14Br2Se/c1-3-5-9(7,8)6-4-2/h3-6H2,1-2H3. The van der Waals surface area contributed by atoms with Crippen LogP contribution in [-0.4, -0.2) is 9.23 Å². The molecule has 0 aromatic carbocycles. The van der Waals surface area contributed by atoms with Crippen molar-refractivity contribution in [1.82, 2.24) is 0 Å². The molecular weight excluding hydrogens is 311 g/mol. The molecule has 0 aromatic rings. The van der Waals surface area contributed by atoms with Crippen LogP contribution in [0.25, 0.3) is 0 Å². The van der Waals surface area contributed by atoms with Gasteiger partial charge in [0.1, 0.15) is 0 Å². The molecule has 9 heavy (non-hydrogen) atoms. The second-order valence-electron chi connectivity index (χ2n) is 2.11. The second-order valence-corrected chi connectivity index (χ2v) is 24.1. The molecule has 0 aromatic heterocycles. The van der Waals surface area contributed by atoms with E-state index >= 15 is 0 Å². The fourth-order valence-electron chi connectivity index (χ4n) is 0.699. The summed E-state index contributed by atoms with van der Waals surface area (Å²) in [4.78, 5) is 0. The molecule has 0 N–H and O–H groups in total. The Hall–Kier alpha value is 1.48. The Balaban J connectivity index is 3.43. The summed E-state index contributed by atoms with van der Waals surface area (Å²) in [5, 5.41) is 2.73. The van der Waals surface area contributed by atoms with Crippen LogP contribution in [0.15, 0.2) is 0 Å². The molecule has 0 unspecified atom stereocenters. The van der Waals surface area contributed by atoms with Gasteiger partial charge in [0.15, 0.2) is 0 Å². The van der Waals surface area contributed by atoms with Gasteiger partial charge in [0.05, 0.1) is 0 Å². The van der Waals surface area contributed by atoms with E-state index in [2.05, 4.69) is 42.1 Å². The van der Waals surface area contributed by atoms with Gasteiger partial charge in [-0.2, -0.15) is 0 Å². The fourth-order valence-corrected chi connectivity index (χ4v) is 10.4. The Labute approximate surface area is 74.4 Å². The monoisotopic (exact) mass is 324 g/mol. The van der Waals surface area contributed by atoms with Crippen molar-refractivity contribution in [2.24, 2.45) is 0 Å². The van der Waals surface area contributed by atoms with Crippen molar-refractivity contribution in [3.63, 3.8) is 0 Å². The quantitative estimate of drug-likeness (QED) is 0.685. The fraction of sp³-hybridized carbons (Fsp3) is 1.00. The predicted molar refractivity (Wildman–Crippen MR) is 53.8 cm³/mol. The molecule has 58 valence electrons. The van der Waals surface area contributed by atoms with Crippen LogP contribution in [0, 0.1) is 0 Å². The van der Waals surface area contributed by atoms with Crippen LogP contribution in [-0.2, 0) is 0 Å². The van der Waals surface area contributed by atoms with E-state index in [0.717, 1.165) is 0 Å². The normalized spacial score (nSPS) is 13.8. The number of rotatable bonds is 4. The summed E-state index contributed by atoms with van der Waals surface area (Å²) in [6.07, 6.45) is 2.60. The molecule has 0 saturated carbocycles. The van der Waals surface area contributed by atoms with Crippen LogP contribution in [0.3, 0.4) is 0 Å². The summed E-state index contributed by atoms with van der Waals surface area (Å²) >= 11 is 7.55. The zero-order valence-electron chi connectivity index (χ0n) is 5.99. The van der Waals surface area contributed by atoms with Crippen LogP contribution in [0.5, 0.6) is 0 Å². The van der Waals surface area contributed by atoms with E-state index in [1.807, 2.05) is 0 Å². The Morgan fingerprint density at radius 1 is 1.00 bits per heavy atom. The van der Waals surface area contributed by atoms with Gasteiger partial charge >= 0.3 is 74.8 Å². The average Bonchev–Trinajstić information content (AvgIpc) is 1.64. The molecular formula is C6H14Br2Se. The molecule has 0 fully saturated rings. The average molecular weight is 325 g/mol. The van der Waals surface area contributed by atoms with Gasteiger partial charge in [-0.25, -0.2) is 0 Å². The van der Waals surface area contributed by atoms with Crippen LogP contribution in [0.2, 0.25) is 10.6 Å². The molecule has 0 amide bonds.